The minimum atomic E-state index is -0.760. The summed E-state index contributed by atoms with van der Waals surface area (Å²) in [5.41, 5.74) is 3.67. The number of ether oxygens (including phenoxy) is 3. The summed E-state index contributed by atoms with van der Waals surface area (Å²) in [6.45, 7) is 5.32. The van der Waals surface area contributed by atoms with Crippen LogP contribution in [0.4, 0.5) is 0 Å². The minimum absolute atomic E-state index is 0.0195. The molecule has 4 rings (SSSR count). The van der Waals surface area contributed by atoms with Gasteiger partial charge in [-0.25, -0.2) is 0 Å². The predicted molar refractivity (Wildman–Crippen MR) is 141 cm³/mol. The molecule has 0 saturated heterocycles. The second kappa shape index (κ2) is 12.3. The van der Waals surface area contributed by atoms with Crippen molar-refractivity contribution in [2.24, 2.45) is 0 Å². The van der Waals surface area contributed by atoms with Crippen molar-refractivity contribution >= 4 is 11.9 Å². The smallest absolute Gasteiger partial charge is 0.303 e. The number of carbonyl (C=O) groups is 2. The van der Waals surface area contributed by atoms with Crippen LogP contribution in [0.3, 0.4) is 0 Å². The molecule has 0 aliphatic carbocycles. The van der Waals surface area contributed by atoms with Gasteiger partial charge in [0.1, 0.15) is 5.75 Å². The Hall–Kier alpha value is -4.00. The number of hydrogen-bond acceptors (Lipinski definition) is 5. The van der Waals surface area contributed by atoms with E-state index in [2.05, 4.69) is 0 Å². The number of carboxylic acid groups (broad SMARTS) is 1. The topological polar surface area (TPSA) is 85.3 Å². The summed E-state index contributed by atoms with van der Waals surface area (Å²) in [5.74, 6) is 1.47. The van der Waals surface area contributed by atoms with Gasteiger partial charge in [-0.1, -0.05) is 30.3 Å². The Bertz CT molecular complexity index is 1200. The van der Waals surface area contributed by atoms with Gasteiger partial charge in [-0.05, 0) is 86.2 Å². The first-order chi connectivity index (χ1) is 17.9. The number of rotatable bonds is 12. The van der Waals surface area contributed by atoms with E-state index in [-0.39, 0.29) is 25.2 Å². The van der Waals surface area contributed by atoms with Gasteiger partial charge in [-0.2, -0.15) is 0 Å². The summed E-state index contributed by atoms with van der Waals surface area (Å²) in [6.07, 6.45) is 2.51. The van der Waals surface area contributed by atoms with E-state index in [0.29, 0.717) is 25.1 Å². The van der Waals surface area contributed by atoms with Crippen molar-refractivity contribution in [1.29, 1.82) is 0 Å². The standard InChI is InChI=1S/C30H33NO6/c1-21(2)31(19-22-7-14-26(15-8-22)35-17-5-3-4-6-29(32)33)30(34)24-11-9-23(10-12-24)25-13-16-27-28(18-25)37-20-36-27/h7-16,18,21H,3-6,17,19-20H2,1-2H3,(H,32,33). The molecule has 1 heterocycles. The third-order valence-corrected chi connectivity index (χ3v) is 6.30. The van der Waals surface area contributed by atoms with Crippen molar-refractivity contribution in [3.05, 3.63) is 77.9 Å². The lowest BCUT2D eigenvalue weighted by Crippen LogP contribution is -2.36. The molecule has 1 N–H and O–H groups in total. The minimum Gasteiger partial charge on any atom is -0.494 e. The molecule has 1 amide bonds. The second-order valence-corrected chi connectivity index (χ2v) is 9.37. The molecular formula is C30H33NO6. The number of hydrogen-bond donors (Lipinski definition) is 1. The maximum atomic E-state index is 13.4. The molecule has 1 aliphatic heterocycles. The van der Waals surface area contributed by atoms with Crippen LogP contribution in [0.25, 0.3) is 11.1 Å². The third-order valence-electron chi connectivity index (χ3n) is 6.30. The zero-order valence-electron chi connectivity index (χ0n) is 21.3. The van der Waals surface area contributed by atoms with Gasteiger partial charge in [0.25, 0.3) is 5.91 Å². The molecule has 3 aromatic rings. The van der Waals surface area contributed by atoms with Crippen LogP contribution in [0, 0.1) is 0 Å². The fourth-order valence-corrected chi connectivity index (χ4v) is 4.17. The van der Waals surface area contributed by atoms with E-state index < -0.39 is 5.97 Å². The fourth-order valence-electron chi connectivity index (χ4n) is 4.17. The van der Waals surface area contributed by atoms with Gasteiger partial charge in [0, 0.05) is 24.6 Å². The SMILES string of the molecule is CC(C)N(Cc1ccc(OCCCCCC(=O)O)cc1)C(=O)c1ccc(-c2ccc3c(c2)OCO3)cc1. The first kappa shape index (κ1) is 26.1. The number of carbonyl (C=O) groups excluding carboxylic acids is 1. The number of fused-ring (bicyclic) bond motifs is 1. The van der Waals surface area contributed by atoms with Crippen molar-refractivity contribution in [2.45, 2.75) is 52.1 Å². The number of amides is 1. The van der Waals surface area contributed by atoms with Crippen LogP contribution in [0.5, 0.6) is 17.2 Å². The molecule has 0 spiro atoms. The lowest BCUT2D eigenvalue weighted by molar-refractivity contribution is -0.137. The third kappa shape index (κ3) is 7.03. The van der Waals surface area contributed by atoms with Gasteiger partial charge in [-0.3, -0.25) is 9.59 Å². The molecule has 0 atom stereocenters. The zero-order valence-corrected chi connectivity index (χ0v) is 21.3. The molecule has 0 radical (unpaired) electrons. The van der Waals surface area contributed by atoms with Gasteiger partial charge in [0.2, 0.25) is 6.79 Å². The Morgan fingerprint density at radius 2 is 1.59 bits per heavy atom. The van der Waals surface area contributed by atoms with Crippen molar-refractivity contribution in [1.82, 2.24) is 4.90 Å². The number of nitrogens with zero attached hydrogens (tertiary/aromatic N) is 1. The highest BCUT2D eigenvalue weighted by Crippen LogP contribution is 2.36. The maximum Gasteiger partial charge on any atom is 0.303 e. The van der Waals surface area contributed by atoms with Crippen LogP contribution in [0.1, 0.15) is 55.5 Å². The first-order valence-corrected chi connectivity index (χ1v) is 12.7. The highest BCUT2D eigenvalue weighted by molar-refractivity contribution is 5.95. The van der Waals surface area contributed by atoms with E-state index in [1.165, 1.54) is 0 Å². The Balaban J connectivity index is 1.33. The van der Waals surface area contributed by atoms with E-state index in [0.717, 1.165) is 46.8 Å². The molecule has 1 aliphatic rings. The fraction of sp³-hybridized carbons (Fsp3) is 0.333. The summed E-state index contributed by atoms with van der Waals surface area (Å²) in [4.78, 5) is 25.8. The number of aliphatic carboxylic acids is 1. The van der Waals surface area contributed by atoms with E-state index in [1.807, 2.05) is 85.5 Å². The average Bonchev–Trinajstić information content (AvgIpc) is 3.37. The maximum absolute atomic E-state index is 13.4. The van der Waals surface area contributed by atoms with Gasteiger partial charge in [-0.15, -0.1) is 0 Å². The molecule has 3 aromatic carbocycles. The van der Waals surface area contributed by atoms with Crippen molar-refractivity contribution in [3.63, 3.8) is 0 Å². The normalized spacial score (nSPS) is 12.0. The largest absolute Gasteiger partial charge is 0.494 e. The van der Waals surface area contributed by atoms with Crippen LogP contribution >= 0.6 is 0 Å². The van der Waals surface area contributed by atoms with Crippen LogP contribution in [-0.2, 0) is 11.3 Å². The van der Waals surface area contributed by atoms with E-state index in [4.69, 9.17) is 19.3 Å². The lowest BCUT2D eigenvalue weighted by atomic mass is 10.0. The lowest BCUT2D eigenvalue weighted by Gasteiger charge is -2.27. The van der Waals surface area contributed by atoms with Gasteiger partial charge in [0.05, 0.1) is 6.61 Å². The van der Waals surface area contributed by atoms with Crippen LogP contribution in [0.15, 0.2) is 66.7 Å². The van der Waals surface area contributed by atoms with Crippen molar-refractivity contribution in [3.8, 4) is 28.4 Å². The molecule has 0 fully saturated rings. The number of unbranched alkanes of at least 4 members (excludes halogenated alkanes) is 2. The quantitative estimate of drug-likeness (QED) is 0.298. The highest BCUT2D eigenvalue weighted by atomic mass is 16.7. The molecule has 37 heavy (non-hydrogen) atoms. The van der Waals surface area contributed by atoms with E-state index in [1.54, 1.807) is 0 Å². The molecule has 7 heteroatoms. The van der Waals surface area contributed by atoms with Crippen LogP contribution < -0.4 is 14.2 Å². The van der Waals surface area contributed by atoms with Crippen LogP contribution in [-0.4, -0.2) is 41.3 Å². The van der Waals surface area contributed by atoms with E-state index >= 15 is 0 Å². The molecule has 0 aromatic heterocycles. The second-order valence-electron chi connectivity index (χ2n) is 9.37. The summed E-state index contributed by atoms with van der Waals surface area (Å²) in [5, 5.41) is 8.69. The Kier molecular flexibility index (Phi) is 8.67. The molecule has 194 valence electrons. The molecule has 0 saturated carbocycles. The highest BCUT2D eigenvalue weighted by Gasteiger charge is 2.20. The monoisotopic (exact) mass is 503 g/mol. The van der Waals surface area contributed by atoms with E-state index in [9.17, 15) is 9.59 Å². The average molecular weight is 504 g/mol. The van der Waals surface area contributed by atoms with Crippen molar-refractivity contribution in [2.75, 3.05) is 13.4 Å². The molecule has 7 nitrogen and oxygen atoms in total. The predicted octanol–water partition coefficient (Wildman–Crippen LogP) is 6.16. The Morgan fingerprint density at radius 1 is 0.892 bits per heavy atom. The van der Waals surface area contributed by atoms with Crippen LogP contribution in [0.2, 0.25) is 0 Å². The number of carboxylic acids is 1. The van der Waals surface area contributed by atoms with Crippen molar-refractivity contribution < 1.29 is 28.9 Å². The molecule has 0 bridgehead atoms. The summed E-state index contributed by atoms with van der Waals surface area (Å²) < 4.78 is 16.6. The Morgan fingerprint density at radius 3 is 2.30 bits per heavy atom. The van der Waals surface area contributed by atoms with Gasteiger partial charge >= 0.3 is 5.97 Å². The summed E-state index contributed by atoms with van der Waals surface area (Å²) >= 11 is 0. The molecule has 0 unspecified atom stereocenters. The van der Waals surface area contributed by atoms with Gasteiger partial charge in [0.15, 0.2) is 11.5 Å². The molecular weight excluding hydrogens is 470 g/mol. The summed E-state index contributed by atoms with van der Waals surface area (Å²) in [6, 6.07) is 21.3. The number of benzene rings is 3. The Labute approximate surface area is 217 Å². The first-order valence-electron chi connectivity index (χ1n) is 12.7. The van der Waals surface area contributed by atoms with Gasteiger partial charge < -0.3 is 24.2 Å². The zero-order chi connectivity index (χ0) is 26.2. The summed E-state index contributed by atoms with van der Waals surface area (Å²) in [7, 11) is 0.